The van der Waals surface area contributed by atoms with Crippen molar-refractivity contribution in [1.29, 1.82) is 0 Å². The quantitative estimate of drug-likeness (QED) is 0.667. The predicted molar refractivity (Wildman–Crippen MR) is 86.8 cm³/mol. The molecule has 2 aromatic carbocycles. The van der Waals surface area contributed by atoms with Crippen molar-refractivity contribution in [2.75, 3.05) is 24.3 Å². The molecule has 0 aliphatic heterocycles. The summed E-state index contributed by atoms with van der Waals surface area (Å²) in [5.74, 6) is -0.669. The number of benzene rings is 2. The average Bonchev–Trinajstić information content (AvgIpc) is 2.53. The summed E-state index contributed by atoms with van der Waals surface area (Å²) in [7, 11) is 3.26. The smallest absolute Gasteiger partial charge is 0.376 e. The molecule has 0 atom stereocenters. The molecule has 0 aliphatic rings. The van der Waals surface area contributed by atoms with Gasteiger partial charge in [-0.05, 0) is 30.3 Å². The monoisotopic (exact) mass is 353 g/mol. The summed E-state index contributed by atoms with van der Waals surface area (Å²) in [5, 5.41) is 13.0. The Balaban J connectivity index is 2.33. The van der Waals surface area contributed by atoms with Gasteiger partial charge < -0.3 is 10.2 Å². The van der Waals surface area contributed by atoms with E-state index in [-0.39, 0.29) is 16.9 Å². The van der Waals surface area contributed by atoms with Crippen molar-refractivity contribution in [2.24, 2.45) is 0 Å². The lowest BCUT2D eigenvalue weighted by atomic mass is 10.1. The van der Waals surface area contributed by atoms with Gasteiger partial charge in [0.2, 0.25) is 0 Å². The Morgan fingerprint density at radius 1 is 1.12 bits per heavy atom. The highest BCUT2D eigenvalue weighted by atomic mass is 19.4. The molecule has 0 aliphatic carbocycles. The first-order chi connectivity index (χ1) is 11.6. The fourth-order valence-electron chi connectivity index (χ4n) is 2.13. The first-order valence-corrected chi connectivity index (χ1v) is 7.04. The summed E-state index contributed by atoms with van der Waals surface area (Å²) < 4.78 is 38.7. The van der Waals surface area contributed by atoms with E-state index in [0.29, 0.717) is 5.69 Å². The molecule has 1 N–H and O–H groups in total. The molecule has 1 amide bonds. The maximum Gasteiger partial charge on any atom is 0.416 e. The van der Waals surface area contributed by atoms with Crippen molar-refractivity contribution in [3.63, 3.8) is 0 Å². The van der Waals surface area contributed by atoms with E-state index in [1.54, 1.807) is 19.0 Å². The average molecular weight is 353 g/mol. The van der Waals surface area contributed by atoms with Gasteiger partial charge in [-0.2, -0.15) is 13.2 Å². The number of nitro benzene ring substituents is 1. The zero-order valence-electron chi connectivity index (χ0n) is 13.3. The lowest BCUT2D eigenvalue weighted by molar-refractivity contribution is -0.384. The number of rotatable bonds is 4. The van der Waals surface area contributed by atoms with Crippen molar-refractivity contribution in [2.45, 2.75) is 6.18 Å². The maximum atomic E-state index is 12.9. The molecule has 0 aromatic heterocycles. The largest absolute Gasteiger partial charge is 0.416 e. The molecule has 0 fully saturated rings. The van der Waals surface area contributed by atoms with Crippen molar-refractivity contribution in [3.8, 4) is 0 Å². The molecule has 132 valence electrons. The van der Waals surface area contributed by atoms with Crippen LogP contribution >= 0.6 is 0 Å². The van der Waals surface area contributed by atoms with Crippen molar-refractivity contribution >= 4 is 23.0 Å². The third-order valence-electron chi connectivity index (χ3n) is 3.39. The van der Waals surface area contributed by atoms with E-state index in [0.717, 1.165) is 24.3 Å². The van der Waals surface area contributed by atoms with Crippen LogP contribution in [-0.2, 0) is 6.18 Å². The molecule has 2 rings (SSSR count). The first-order valence-electron chi connectivity index (χ1n) is 7.04. The molecule has 2 aromatic rings. The number of hydrogen-bond acceptors (Lipinski definition) is 4. The van der Waals surface area contributed by atoms with Crippen molar-refractivity contribution in [1.82, 2.24) is 0 Å². The minimum absolute atomic E-state index is 0.0109. The number of nitrogens with one attached hydrogen (secondary N) is 1. The van der Waals surface area contributed by atoms with Gasteiger partial charge in [0, 0.05) is 31.8 Å². The third kappa shape index (κ3) is 4.25. The number of carbonyl (C=O) groups is 1. The Hall–Kier alpha value is -3.10. The number of non-ortho nitro benzene ring substituents is 1. The normalized spacial score (nSPS) is 11.1. The molecular weight excluding hydrogens is 339 g/mol. The summed E-state index contributed by atoms with van der Waals surface area (Å²) in [6.07, 6.45) is -4.54. The van der Waals surface area contributed by atoms with E-state index >= 15 is 0 Å². The zero-order valence-corrected chi connectivity index (χ0v) is 13.3. The van der Waals surface area contributed by atoms with Gasteiger partial charge >= 0.3 is 6.18 Å². The zero-order chi connectivity index (χ0) is 18.8. The molecule has 9 heteroatoms. The Morgan fingerprint density at radius 2 is 1.72 bits per heavy atom. The molecule has 0 bridgehead atoms. The molecule has 0 spiro atoms. The summed E-state index contributed by atoms with van der Waals surface area (Å²) in [4.78, 5) is 23.8. The van der Waals surface area contributed by atoms with E-state index in [1.165, 1.54) is 18.2 Å². The Labute approximate surface area is 141 Å². The molecular formula is C16H14F3N3O3. The first kappa shape index (κ1) is 18.2. The standard InChI is InChI=1S/C16H14F3N3O3/c1-21(2)14-8-5-11(16(17,18)19)9-13(14)20-15(23)10-3-6-12(7-4-10)22(24)25/h3-9H,1-2H3,(H,20,23). The molecule has 0 unspecified atom stereocenters. The van der Waals surface area contributed by atoms with Gasteiger partial charge in [0.25, 0.3) is 11.6 Å². The second-order valence-corrected chi connectivity index (χ2v) is 5.38. The SMILES string of the molecule is CN(C)c1ccc(C(F)(F)F)cc1NC(=O)c1ccc([N+](=O)[O-])cc1. The van der Waals surface area contributed by atoms with E-state index in [4.69, 9.17) is 0 Å². The van der Waals surface area contributed by atoms with Gasteiger partial charge in [-0.3, -0.25) is 14.9 Å². The van der Waals surface area contributed by atoms with Crippen LogP contribution in [0.4, 0.5) is 30.2 Å². The van der Waals surface area contributed by atoms with Crippen LogP contribution in [0.2, 0.25) is 0 Å². The van der Waals surface area contributed by atoms with E-state index in [1.807, 2.05) is 0 Å². The topological polar surface area (TPSA) is 75.5 Å². The van der Waals surface area contributed by atoms with Crippen molar-refractivity contribution < 1.29 is 22.9 Å². The maximum absolute atomic E-state index is 12.9. The third-order valence-corrected chi connectivity index (χ3v) is 3.39. The van der Waals surface area contributed by atoms with Crippen LogP contribution in [-0.4, -0.2) is 24.9 Å². The molecule has 6 nitrogen and oxygen atoms in total. The fourth-order valence-corrected chi connectivity index (χ4v) is 2.13. The van der Waals surface area contributed by atoms with E-state index in [9.17, 15) is 28.1 Å². The highest BCUT2D eigenvalue weighted by Gasteiger charge is 2.31. The lowest BCUT2D eigenvalue weighted by Crippen LogP contribution is -2.18. The van der Waals surface area contributed by atoms with Crippen LogP contribution in [0.25, 0.3) is 0 Å². The van der Waals surface area contributed by atoms with Crippen LogP contribution < -0.4 is 10.2 Å². The minimum Gasteiger partial charge on any atom is -0.376 e. The van der Waals surface area contributed by atoms with Crippen molar-refractivity contribution in [3.05, 3.63) is 63.7 Å². The second kappa shape index (κ2) is 6.80. The summed E-state index contributed by atoms with van der Waals surface area (Å²) in [5.41, 5.74) is -0.610. The molecule has 0 radical (unpaired) electrons. The number of nitrogens with zero attached hydrogens (tertiary/aromatic N) is 2. The molecule has 25 heavy (non-hydrogen) atoms. The number of anilines is 2. The highest BCUT2D eigenvalue weighted by molar-refractivity contribution is 6.06. The van der Waals surface area contributed by atoms with Gasteiger partial charge in [-0.15, -0.1) is 0 Å². The van der Waals surface area contributed by atoms with Crippen LogP contribution in [0, 0.1) is 10.1 Å². The minimum atomic E-state index is -4.54. The van der Waals surface area contributed by atoms with E-state index < -0.39 is 22.6 Å². The van der Waals surface area contributed by atoms with Gasteiger partial charge in [-0.25, -0.2) is 0 Å². The summed E-state index contributed by atoms with van der Waals surface area (Å²) in [6, 6.07) is 7.79. The number of amides is 1. The summed E-state index contributed by atoms with van der Waals surface area (Å²) in [6.45, 7) is 0. The number of hydrogen-bond donors (Lipinski definition) is 1. The molecule has 0 saturated heterocycles. The lowest BCUT2D eigenvalue weighted by Gasteiger charge is -2.19. The second-order valence-electron chi connectivity index (χ2n) is 5.38. The summed E-state index contributed by atoms with van der Waals surface area (Å²) >= 11 is 0. The number of alkyl halides is 3. The van der Waals surface area contributed by atoms with Crippen LogP contribution in [0.5, 0.6) is 0 Å². The van der Waals surface area contributed by atoms with Gasteiger partial charge in [0.1, 0.15) is 0 Å². The Morgan fingerprint density at radius 3 is 2.20 bits per heavy atom. The van der Waals surface area contributed by atoms with E-state index in [2.05, 4.69) is 5.32 Å². The van der Waals surface area contributed by atoms with Crippen LogP contribution in [0.1, 0.15) is 15.9 Å². The number of halogens is 3. The molecule has 0 heterocycles. The number of nitro groups is 1. The van der Waals surface area contributed by atoms with Crippen LogP contribution in [0.15, 0.2) is 42.5 Å². The van der Waals surface area contributed by atoms with Gasteiger partial charge in [0.05, 0.1) is 21.9 Å². The fraction of sp³-hybridized carbons (Fsp3) is 0.188. The Kier molecular flexibility index (Phi) is 4.96. The van der Waals surface area contributed by atoms with Crippen LogP contribution in [0.3, 0.4) is 0 Å². The highest BCUT2D eigenvalue weighted by Crippen LogP contribution is 2.35. The van der Waals surface area contributed by atoms with Gasteiger partial charge in [-0.1, -0.05) is 0 Å². The van der Waals surface area contributed by atoms with Gasteiger partial charge in [0.15, 0.2) is 0 Å². The Bertz CT molecular complexity index is 803. The number of carbonyl (C=O) groups excluding carboxylic acids is 1. The molecule has 0 saturated carbocycles. The predicted octanol–water partition coefficient (Wildman–Crippen LogP) is 3.93.